The molecule has 5 rings (SSSR count). The standard InChI is InChI=1S/C24H26Cl2N4O2S2/c25-16-13-20(33-14-16)21-23(30-10-8-29(9-11-30)17-4-2-1-3-5-17)34-24(27-21)28-22(32)15-6-7-19(31)18(26)12-15/h6-7,12-14,17,31H,1-5,8-11H2,(H,27,28,32). The lowest BCUT2D eigenvalue weighted by atomic mass is 9.94. The van der Waals surface area contributed by atoms with E-state index in [0.717, 1.165) is 47.8 Å². The number of anilines is 2. The number of halogens is 2. The maximum absolute atomic E-state index is 12.8. The van der Waals surface area contributed by atoms with Crippen LogP contribution in [0.15, 0.2) is 29.6 Å². The van der Waals surface area contributed by atoms with Crippen molar-refractivity contribution in [3.63, 3.8) is 0 Å². The average Bonchev–Trinajstić information content (AvgIpc) is 3.47. The van der Waals surface area contributed by atoms with E-state index in [0.29, 0.717) is 15.7 Å². The summed E-state index contributed by atoms with van der Waals surface area (Å²) in [6.07, 6.45) is 6.69. The number of aromatic nitrogens is 1. The van der Waals surface area contributed by atoms with Gasteiger partial charge in [0, 0.05) is 43.2 Å². The molecule has 0 unspecified atom stereocenters. The third-order valence-electron chi connectivity index (χ3n) is 6.53. The number of nitrogens with zero attached hydrogens (tertiary/aromatic N) is 3. The molecule has 1 aromatic carbocycles. The monoisotopic (exact) mass is 536 g/mol. The van der Waals surface area contributed by atoms with Gasteiger partial charge in [0.05, 0.1) is 14.9 Å². The van der Waals surface area contributed by atoms with Crippen LogP contribution in [0, 0.1) is 0 Å². The van der Waals surface area contributed by atoms with Gasteiger partial charge in [-0.2, -0.15) is 0 Å². The molecule has 2 aromatic heterocycles. The third kappa shape index (κ3) is 5.21. The first-order valence-corrected chi connectivity index (χ1v) is 14.0. The Hall–Kier alpha value is -1.84. The Bertz CT molecular complexity index is 1170. The highest BCUT2D eigenvalue weighted by Gasteiger charge is 2.28. The van der Waals surface area contributed by atoms with E-state index in [4.69, 9.17) is 28.2 Å². The van der Waals surface area contributed by atoms with E-state index in [9.17, 15) is 9.90 Å². The predicted octanol–water partition coefficient (Wildman–Crippen LogP) is 6.59. The zero-order valence-corrected chi connectivity index (χ0v) is 21.7. The molecule has 34 heavy (non-hydrogen) atoms. The smallest absolute Gasteiger partial charge is 0.257 e. The Balaban J connectivity index is 1.36. The van der Waals surface area contributed by atoms with Crippen LogP contribution < -0.4 is 10.2 Å². The number of thiophene rings is 1. The second-order valence-corrected chi connectivity index (χ2v) is 11.5. The Morgan fingerprint density at radius 1 is 1.09 bits per heavy atom. The number of rotatable bonds is 5. The van der Waals surface area contributed by atoms with Crippen LogP contribution in [-0.4, -0.2) is 53.1 Å². The van der Waals surface area contributed by atoms with Gasteiger partial charge in [0.2, 0.25) is 0 Å². The van der Waals surface area contributed by atoms with Crippen molar-refractivity contribution >= 4 is 61.9 Å². The lowest BCUT2D eigenvalue weighted by molar-refractivity contribution is 0.102. The Morgan fingerprint density at radius 2 is 1.85 bits per heavy atom. The van der Waals surface area contributed by atoms with Crippen molar-refractivity contribution < 1.29 is 9.90 Å². The summed E-state index contributed by atoms with van der Waals surface area (Å²) >= 11 is 15.2. The van der Waals surface area contributed by atoms with E-state index in [1.807, 2.05) is 11.4 Å². The van der Waals surface area contributed by atoms with Crippen molar-refractivity contribution in [2.45, 2.75) is 38.1 Å². The summed E-state index contributed by atoms with van der Waals surface area (Å²) in [5.41, 5.74) is 1.22. The molecule has 2 N–H and O–H groups in total. The fourth-order valence-electron chi connectivity index (χ4n) is 4.73. The molecule has 1 amide bonds. The number of benzene rings is 1. The molecule has 0 bridgehead atoms. The van der Waals surface area contributed by atoms with Crippen LogP contribution in [0.2, 0.25) is 10.0 Å². The molecule has 180 valence electrons. The maximum Gasteiger partial charge on any atom is 0.257 e. The zero-order valence-electron chi connectivity index (χ0n) is 18.6. The molecule has 1 saturated heterocycles. The predicted molar refractivity (Wildman–Crippen MR) is 142 cm³/mol. The fourth-order valence-corrected chi connectivity index (χ4v) is 7.07. The molecule has 3 aromatic rings. The minimum Gasteiger partial charge on any atom is -0.506 e. The van der Waals surface area contributed by atoms with Crippen LogP contribution in [0.3, 0.4) is 0 Å². The first-order chi connectivity index (χ1) is 16.5. The lowest BCUT2D eigenvalue weighted by Crippen LogP contribution is -2.50. The number of carbonyl (C=O) groups is 1. The van der Waals surface area contributed by atoms with E-state index in [-0.39, 0.29) is 16.7 Å². The van der Waals surface area contributed by atoms with Crippen LogP contribution >= 0.6 is 45.9 Å². The van der Waals surface area contributed by atoms with Gasteiger partial charge in [-0.3, -0.25) is 15.0 Å². The second kappa shape index (κ2) is 10.4. The van der Waals surface area contributed by atoms with Crippen LogP contribution in [0.1, 0.15) is 42.5 Å². The summed E-state index contributed by atoms with van der Waals surface area (Å²) in [5.74, 6) is -0.376. The number of thiazole rings is 1. The Kier molecular flexibility index (Phi) is 7.32. The van der Waals surface area contributed by atoms with Gasteiger partial charge < -0.3 is 10.0 Å². The fraction of sp³-hybridized carbons (Fsp3) is 0.417. The number of phenols is 1. The third-order valence-corrected chi connectivity index (χ3v) is 9.15. The van der Waals surface area contributed by atoms with E-state index < -0.39 is 0 Å². The maximum atomic E-state index is 12.8. The van der Waals surface area contributed by atoms with E-state index >= 15 is 0 Å². The first-order valence-electron chi connectivity index (χ1n) is 11.5. The van der Waals surface area contributed by atoms with Crippen molar-refractivity contribution in [2.75, 3.05) is 36.4 Å². The Labute approximate surface area is 217 Å². The SMILES string of the molecule is O=C(Nc1nc(-c2cc(Cl)cs2)c(N2CCN(C3CCCCC3)CC2)s1)c1ccc(O)c(Cl)c1. The summed E-state index contributed by atoms with van der Waals surface area (Å²) in [7, 11) is 0. The minimum absolute atomic E-state index is 0.0565. The van der Waals surface area contributed by atoms with Gasteiger partial charge in [-0.1, -0.05) is 53.8 Å². The van der Waals surface area contributed by atoms with Crippen molar-refractivity contribution in [3.8, 4) is 16.3 Å². The molecule has 2 fully saturated rings. The van der Waals surface area contributed by atoms with Gasteiger partial charge >= 0.3 is 0 Å². The first kappa shape index (κ1) is 23.9. The van der Waals surface area contributed by atoms with Crippen LogP contribution in [0.4, 0.5) is 10.1 Å². The molecule has 0 radical (unpaired) electrons. The van der Waals surface area contributed by atoms with E-state index in [2.05, 4.69) is 15.1 Å². The van der Waals surface area contributed by atoms with Crippen LogP contribution in [-0.2, 0) is 0 Å². The summed E-state index contributed by atoms with van der Waals surface area (Å²) in [6.45, 7) is 3.96. The van der Waals surface area contributed by atoms with E-state index in [1.165, 1.54) is 61.6 Å². The molecule has 2 aliphatic rings. The van der Waals surface area contributed by atoms with Gasteiger partial charge in [0.1, 0.15) is 16.4 Å². The van der Waals surface area contributed by atoms with Crippen molar-refractivity contribution in [1.29, 1.82) is 0 Å². The number of nitrogens with one attached hydrogen (secondary N) is 1. The summed E-state index contributed by atoms with van der Waals surface area (Å²) in [4.78, 5) is 23.6. The number of amides is 1. The molecule has 1 aliphatic heterocycles. The molecule has 6 nitrogen and oxygen atoms in total. The second-order valence-electron chi connectivity index (χ2n) is 8.74. The molecule has 1 aliphatic carbocycles. The number of carbonyl (C=O) groups excluding carboxylic acids is 1. The summed E-state index contributed by atoms with van der Waals surface area (Å²) in [6, 6.07) is 7.05. The van der Waals surface area contributed by atoms with Crippen molar-refractivity contribution in [1.82, 2.24) is 9.88 Å². The van der Waals surface area contributed by atoms with Crippen LogP contribution in [0.5, 0.6) is 5.75 Å². The van der Waals surface area contributed by atoms with Crippen molar-refractivity contribution in [3.05, 3.63) is 45.3 Å². The number of piperazine rings is 1. The summed E-state index contributed by atoms with van der Waals surface area (Å²) < 4.78 is 0. The molecule has 0 spiro atoms. The molecular weight excluding hydrogens is 511 g/mol. The molecular formula is C24H26Cl2N4O2S2. The molecule has 3 heterocycles. The highest BCUT2D eigenvalue weighted by atomic mass is 35.5. The topological polar surface area (TPSA) is 68.7 Å². The molecule has 1 saturated carbocycles. The van der Waals surface area contributed by atoms with E-state index in [1.54, 1.807) is 11.3 Å². The quantitative estimate of drug-likeness (QED) is 0.384. The largest absolute Gasteiger partial charge is 0.506 e. The number of phenolic OH excluding ortho intramolecular Hbond substituents is 1. The minimum atomic E-state index is -0.319. The van der Waals surface area contributed by atoms with Crippen LogP contribution in [0.25, 0.3) is 10.6 Å². The summed E-state index contributed by atoms with van der Waals surface area (Å²) in [5, 5.41) is 16.8. The zero-order chi connectivity index (χ0) is 23.7. The normalized spacial score (nSPS) is 17.8. The van der Waals surface area contributed by atoms with Gasteiger partial charge in [-0.05, 0) is 37.1 Å². The average molecular weight is 538 g/mol. The molecule has 0 atom stereocenters. The van der Waals surface area contributed by atoms with Gasteiger partial charge in [-0.15, -0.1) is 11.3 Å². The number of aromatic hydroxyl groups is 1. The highest BCUT2D eigenvalue weighted by Crippen LogP contribution is 2.42. The number of hydrogen-bond donors (Lipinski definition) is 2. The highest BCUT2D eigenvalue weighted by molar-refractivity contribution is 7.21. The number of hydrogen-bond acceptors (Lipinski definition) is 7. The van der Waals surface area contributed by atoms with Gasteiger partial charge in [0.15, 0.2) is 5.13 Å². The van der Waals surface area contributed by atoms with Gasteiger partial charge in [0.25, 0.3) is 5.91 Å². The Morgan fingerprint density at radius 3 is 2.53 bits per heavy atom. The molecule has 10 heteroatoms. The lowest BCUT2D eigenvalue weighted by Gasteiger charge is -2.41. The van der Waals surface area contributed by atoms with Crippen molar-refractivity contribution in [2.24, 2.45) is 0 Å². The van der Waals surface area contributed by atoms with Gasteiger partial charge in [-0.25, -0.2) is 4.98 Å².